The highest BCUT2D eigenvalue weighted by atomic mass is 32.2. The number of nitrogens with one attached hydrogen (secondary N) is 1. The Hall–Kier alpha value is -2.02. The Labute approximate surface area is 158 Å². The molecule has 0 radical (unpaired) electrons. The van der Waals surface area contributed by atoms with Crippen LogP contribution >= 0.6 is 11.8 Å². The summed E-state index contributed by atoms with van der Waals surface area (Å²) in [6.45, 7) is 0.784. The lowest BCUT2D eigenvalue weighted by molar-refractivity contribution is -0.118. The number of nitrogens with zero attached hydrogens (tertiary/aromatic N) is 2. The van der Waals surface area contributed by atoms with Gasteiger partial charge in [-0.3, -0.25) is 4.79 Å². The van der Waals surface area contributed by atoms with Crippen LogP contribution in [0.4, 0.5) is 0 Å². The van der Waals surface area contributed by atoms with Crippen LogP contribution in [-0.4, -0.2) is 35.5 Å². The fourth-order valence-corrected chi connectivity index (χ4v) is 3.72. The lowest BCUT2D eigenvalue weighted by atomic mass is 9.89. The van der Waals surface area contributed by atoms with E-state index < -0.39 is 0 Å². The van der Waals surface area contributed by atoms with E-state index in [1.807, 2.05) is 24.3 Å². The predicted molar refractivity (Wildman–Crippen MR) is 100 cm³/mol. The van der Waals surface area contributed by atoms with Gasteiger partial charge >= 0.3 is 0 Å². The first-order chi connectivity index (χ1) is 12.7. The molecular formula is C19H25N3O3S. The summed E-state index contributed by atoms with van der Waals surface area (Å²) in [6.07, 6.45) is 6.92. The minimum Gasteiger partial charge on any atom is -0.497 e. The van der Waals surface area contributed by atoms with Gasteiger partial charge in [0, 0.05) is 6.54 Å². The third kappa shape index (κ3) is 5.76. The minimum atomic E-state index is 0.0236. The molecule has 26 heavy (non-hydrogen) atoms. The zero-order valence-electron chi connectivity index (χ0n) is 15.1. The van der Waals surface area contributed by atoms with Gasteiger partial charge in [0.05, 0.1) is 19.3 Å². The molecule has 1 saturated carbocycles. The lowest BCUT2D eigenvalue weighted by Crippen LogP contribution is -2.31. The van der Waals surface area contributed by atoms with E-state index in [1.165, 1.54) is 43.9 Å². The topological polar surface area (TPSA) is 77.2 Å². The second-order valence-electron chi connectivity index (χ2n) is 6.58. The van der Waals surface area contributed by atoms with E-state index in [0.717, 1.165) is 17.9 Å². The van der Waals surface area contributed by atoms with Crippen LogP contribution in [0.5, 0.6) is 5.75 Å². The van der Waals surface area contributed by atoms with Crippen molar-refractivity contribution in [2.45, 2.75) is 43.7 Å². The molecule has 0 aliphatic heterocycles. The Morgan fingerprint density at radius 3 is 2.73 bits per heavy atom. The van der Waals surface area contributed by atoms with Gasteiger partial charge in [-0.2, -0.15) is 0 Å². The number of methoxy groups -OCH3 is 1. The molecule has 1 aromatic carbocycles. The molecule has 1 N–H and O–H groups in total. The normalized spacial score (nSPS) is 15.0. The molecule has 0 spiro atoms. The van der Waals surface area contributed by atoms with Gasteiger partial charge < -0.3 is 14.5 Å². The quantitative estimate of drug-likeness (QED) is 0.712. The maximum absolute atomic E-state index is 12.0. The van der Waals surface area contributed by atoms with E-state index >= 15 is 0 Å². The van der Waals surface area contributed by atoms with Crippen molar-refractivity contribution in [3.8, 4) is 5.75 Å². The first-order valence-electron chi connectivity index (χ1n) is 9.08. The van der Waals surface area contributed by atoms with E-state index in [1.54, 1.807) is 7.11 Å². The first-order valence-corrected chi connectivity index (χ1v) is 10.1. The molecule has 1 amide bonds. The average molecular weight is 375 g/mol. The summed E-state index contributed by atoms with van der Waals surface area (Å²) < 4.78 is 10.8. The monoisotopic (exact) mass is 375 g/mol. The molecule has 0 saturated heterocycles. The summed E-state index contributed by atoms with van der Waals surface area (Å²) in [5.74, 6) is 2.32. The number of amides is 1. The Morgan fingerprint density at radius 2 is 2.00 bits per heavy atom. The molecule has 1 heterocycles. The van der Waals surface area contributed by atoms with Gasteiger partial charge in [-0.05, 0) is 36.5 Å². The number of hydrogen-bond acceptors (Lipinski definition) is 6. The van der Waals surface area contributed by atoms with Gasteiger partial charge in [0.25, 0.3) is 5.22 Å². The van der Waals surface area contributed by atoms with Gasteiger partial charge in [-0.1, -0.05) is 43.2 Å². The third-order valence-corrected chi connectivity index (χ3v) is 5.42. The van der Waals surface area contributed by atoms with Crippen molar-refractivity contribution in [2.75, 3.05) is 19.4 Å². The fraction of sp³-hybridized carbons (Fsp3) is 0.526. The molecule has 3 rings (SSSR count). The Bertz CT molecular complexity index is 696. The molecule has 0 atom stereocenters. The summed E-state index contributed by atoms with van der Waals surface area (Å²) in [5, 5.41) is 11.5. The number of rotatable bonds is 8. The maximum atomic E-state index is 12.0. The van der Waals surface area contributed by atoms with Gasteiger partial charge in [-0.15, -0.1) is 10.2 Å². The van der Waals surface area contributed by atoms with Crippen LogP contribution in [0.15, 0.2) is 33.9 Å². The van der Waals surface area contributed by atoms with Crippen molar-refractivity contribution in [1.29, 1.82) is 0 Å². The molecular weight excluding hydrogens is 350 g/mol. The average Bonchev–Trinajstić information content (AvgIpc) is 3.13. The first kappa shape index (κ1) is 18.8. The number of ether oxygens (including phenoxy) is 1. The van der Waals surface area contributed by atoms with Gasteiger partial charge in [0.1, 0.15) is 5.75 Å². The standard InChI is InChI=1S/C19H25N3O3S/c1-24-16-9-7-14(8-10-16)11-18-21-22-19(25-18)26-13-17(23)20-12-15-5-3-2-4-6-15/h7-10,15H,2-6,11-13H2,1H3,(H,20,23). The summed E-state index contributed by atoms with van der Waals surface area (Å²) in [5.41, 5.74) is 1.07. The molecule has 6 nitrogen and oxygen atoms in total. The highest BCUT2D eigenvalue weighted by molar-refractivity contribution is 7.99. The zero-order valence-corrected chi connectivity index (χ0v) is 15.9. The summed E-state index contributed by atoms with van der Waals surface area (Å²) in [6, 6.07) is 7.74. The number of benzene rings is 1. The smallest absolute Gasteiger partial charge is 0.277 e. The second-order valence-corrected chi connectivity index (χ2v) is 7.51. The SMILES string of the molecule is COc1ccc(Cc2nnc(SCC(=O)NCC3CCCCC3)o2)cc1. The summed E-state index contributed by atoms with van der Waals surface area (Å²) in [7, 11) is 1.64. The van der Waals surface area contributed by atoms with Crippen LogP contribution in [0.2, 0.25) is 0 Å². The Kier molecular flexibility index (Phi) is 6.94. The molecule has 2 aromatic rings. The Balaban J connectivity index is 1.40. The molecule has 1 aromatic heterocycles. The van der Waals surface area contributed by atoms with Crippen molar-refractivity contribution in [2.24, 2.45) is 5.92 Å². The van der Waals surface area contributed by atoms with Crippen LogP contribution in [-0.2, 0) is 11.2 Å². The fourth-order valence-electron chi connectivity index (χ4n) is 3.11. The van der Waals surface area contributed by atoms with E-state index in [2.05, 4.69) is 15.5 Å². The zero-order chi connectivity index (χ0) is 18.2. The third-order valence-electron chi connectivity index (χ3n) is 4.60. The van der Waals surface area contributed by atoms with Gasteiger partial charge in [0.2, 0.25) is 11.8 Å². The highest BCUT2D eigenvalue weighted by Gasteiger charge is 2.15. The number of thioether (sulfide) groups is 1. The maximum Gasteiger partial charge on any atom is 0.277 e. The van der Waals surface area contributed by atoms with Crippen molar-refractivity contribution >= 4 is 17.7 Å². The second kappa shape index (κ2) is 9.62. The van der Waals surface area contributed by atoms with Crippen LogP contribution in [0.3, 0.4) is 0 Å². The molecule has 1 aliphatic rings. The molecule has 140 valence electrons. The van der Waals surface area contributed by atoms with Crippen molar-refractivity contribution < 1.29 is 13.9 Å². The van der Waals surface area contributed by atoms with E-state index in [-0.39, 0.29) is 5.91 Å². The van der Waals surface area contributed by atoms with Crippen LogP contribution < -0.4 is 10.1 Å². The molecule has 7 heteroatoms. The van der Waals surface area contributed by atoms with Crippen LogP contribution in [0.1, 0.15) is 43.6 Å². The number of carbonyl (C=O) groups is 1. The van der Waals surface area contributed by atoms with E-state index in [0.29, 0.717) is 29.2 Å². The van der Waals surface area contributed by atoms with Gasteiger partial charge in [-0.25, -0.2) is 0 Å². The van der Waals surface area contributed by atoms with Crippen LogP contribution in [0.25, 0.3) is 0 Å². The van der Waals surface area contributed by atoms with Crippen LogP contribution in [0, 0.1) is 5.92 Å². The molecule has 1 fully saturated rings. The Morgan fingerprint density at radius 1 is 1.23 bits per heavy atom. The highest BCUT2D eigenvalue weighted by Crippen LogP contribution is 2.23. The van der Waals surface area contributed by atoms with Crippen molar-refractivity contribution in [3.63, 3.8) is 0 Å². The molecule has 0 bridgehead atoms. The van der Waals surface area contributed by atoms with Gasteiger partial charge in [0.15, 0.2) is 0 Å². The molecule has 0 unspecified atom stereocenters. The lowest BCUT2D eigenvalue weighted by Gasteiger charge is -2.21. The predicted octanol–water partition coefficient (Wildman–Crippen LogP) is 3.46. The number of aromatic nitrogens is 2. The largest absolute Gasteiger partial charge is 0.497 e. The molecule has 1 aliphatic carbocycles. The number of hydrogen-bond donors (Lipinski definition) is 1. The summed E-state index contributed by atoms with van der Waals surface area (Å²) in [4.78, 5) is 12.0. The van der Waals surface area contributed by atoms with Crippen molar-refractivity contribution in [1.82, 2.24) is 15.5 Å². The van der Waals surface area contributed by atoms with E-state index in [4.69, 9.17) is 9.15 Å². The number of carbonyl (C=O) groups excluding carboxylic acids is 1. The van der Waals surface area contributed by atoms with E-state index in [9.17, 15) is 4.79 Å². The summed E-state index contributed by atoms with van der Waals surface area (Å²) >= 11 is 1.28. The van der Waals surface area contributed by atoms with Crippen molar-refractivity contribution in [3.05, 3.63) is 35.7 Å². The minimum absolute atomic E-state index is 0.0236.